The van der Waals surface area contributed by atoms with Crippen molar-refractivity contribution in [1.29, 1.82) is 0 Å². The first-order valence-corrected chi connectivity index (χ1v) is 22.7. The third-order valence-corrected chi connectivity index (χ3v) is 34.9. The molecule has 0 N–H and O–H groups in total. The molecule has 190 valence electrons. The predicted octanol–water partition coefficient (Wildman–Crippen LogP) is 5.67. The summed E-state index contributed by atoms with van der Waals surface area (Å²) in [5.41, 5.74) is 0. The maximum atomic E-state index is 7.79. The number of hydrogen-bond donors (Lipinski definition) is 0. The first kappa shape index (κ1) is 28.4. The second-order valence-corrected chi connectivity index (χ2v) is 33.2. The van der Waals surface area contributed by atoms with Crippen molar-refractivity contribution >= 4 is 60.9 Å². The quantitative estimate of drug-likeness (QED) is 0.225. The average Bonchev–Trinajstić information content (AvgIpc) is 2.89. The van der Waals surface area contributed by atoms with E-state index in [1.54, 1.807) is 0 Å². The summed E-state index contributed by atoms with van der Waals surface area (Å²) in [6.45, 7) is 14.1. The zero-order chi connectivity index (χ0) is 26.5. The Balaban J connectivity index is 1.90. The number of benzene rings is 4. The summed E-state index contributed by atoms with van der Waals surface area (Å²) in [5, 5.41) is 0. The molecule has 2 nitrogen and oxygen atoms in total. The summed E-state index contributed by atoms with van der Waals surface area (Å²) in [7, 11) is 0. The molecule has 0 saturated heterocycles. The second-order valence-electron chi connectivity index (χ2n) is 11.4. The normalized spacial score (nSPS) is 12.8. The van der Waals surface area contributed by atoms with Crippen molar-refractivity contribution in [3.8, 4) is 0 Å². The minimum atomic E-state index is -3.64. The molecule has 37 heavy (non-hydrogen) atoms. The van der Waals surface area contributed by atoms with Crippen molar-refractivity contribution < 1.29 is 5.58 Å². The van der Waals surface area contributed by atoms with Gasteiger partial charge >= 0.3 is 238 Å². The van der Waals surface area contributed by atoms with Crippen LogP contribution in [-0.4, -0.2) is 43.3 Å². The molecule has 0 aliphatic rings. The van der Waals surface area contributed by atoms with Gasteiger partial charge in [-0.1, -0.05) is 0 Å². The van der Waals surface area contributed by atoms with E-state index in [4.69, 9.17) is 5.58 Å². The van der Waals surface area contributed by atoms with Gasteiger partial charge in [0.1, 0.15) is 0 Å². The molecule has 0 bridgehead atoms. The molecule has 4 rings (SSSR count). The summed E-state index contributed by atoms with van der Waals surface area (Å²) in [6, 6.07) is 43.6. The fraction of sp³-hybridized carbons (Fsp3) is 0.250. The second kappa shape index (κ2) is 12.1. The summed E-state index contributed by atoms with van der Waals surface area (Å²) in [4.78, 5) is 0. The first-order chi connectivity index (χ1) is 17.6. The molecule has 0 amide bonds. The van der Waals surface area contributed by atoms with Crippen LogP contribution >= 0.6 is 0 Å². The van der Waals surface area contributed by atoms with Crippen LogP contribution in [0.25, 0.3) is 0 Å². The molecular weight excluding hydrogens is 634 g/mol. The van der Waals surface area contributed by atoms with Crippen LogP contribution < -0.4 is 17.6 Å². The van der Waals surface area contributed by atoms with Crippen LogP contribution in [0.5, 0.6) is 0 Å². The molecule has 0 unspecified atom stereocenters. The van der Waals surface area contributed by atoms with Crippen LogP contribution in [-0.2, 0) is 5.58 Å². The Morgan fingerprint density at radius 1 is 0.405 bits per heavy atom. The van der Waals surface area contributed by atoms with Crippen LogP contribution in [0.3, 0.4) is 0 Å². The van der Waals surface area contributed by atoms with Crippen molar-refractivity contribution in [3.63, 3.8) is 0 Å². The topological polar surface area (TPSA) is 18.5 Å². The molecule has 0 heterocycles. The molecule has 0 aromatic heterocycles. The predicted molar refractivity (Wildman–Crippen MR) is 163 cm³/mol. The zero-order valence-electron chi connectivity index (χ0n) is 22.9. The van der Waals surface area contributed by atoms with Gasteiger partial charge in [0.05, 0.1) is 0 Å². The monoisotopic (exact) mass is 676 g/mol. The first-order valence-electron chi connectivity index (χ1n) is 13.0. The molecule has 0 fully saturated rings. The van der Waals surface area contributed by atoms with Gasteiger partial charge in [-0.3, -0.25) is 0 Å². The van der Waals surface area contributed by atoms with Crippen LogP contribution in [0.2, 0.25) is 8.49 Å². The standard InChI is InChI=1S/C32H38Ge3O2/c1-31(2,3)35(32(4,5)6,36-33(27-19-11-7-12-20-27)28-21-13-8-14-22-28)37-34(29-23-15-9-16-24-29)30-25-17-10-18-26-30/h7-26H,1-6H3. The Bertz CT molecular complexity index is 1060. The van der Waals surface area contributed by atoms with Crippen molar-refractivity contribution in [2.24, 2.45) is 0 Å². The number of rotatable bonds is 8. The molecule has 0 aliphatic heterocycles. The zero-order valence-corrected chi connectivity index (χ0v) is 29.2. The van der Waals surface area contributed by atoms with E-state index in [9.17, 15) is 0 Å². The molecule has 4 aromatic rings. The fourth-order valence-corrected chi connectivity index (χ4v) is 47.7. The van der Waals surface area contributed by atoms with E-state index in [1.807, 2.05) is 0 Å². The minimum absolute atomic E-state index is 0.0954. The van der Waals surface area contributed by atoms with E-state index in [-0.39, 0.29) is 8.49 Å². The Hall–Kier alpha value is -1.57. The molecule has 0 atom stereocenters. The van der Waals surface area contributed by atoms with E-state index < -0.39 is 43.3 Å². The van der Waals surface area contributed by atoms with Gasteiger partial charge in [-0.2, -0.15) is 0 Å². The molecule has 5 heteroatoms. The fourth-order valence-electron chi connectivity index (χ4n) is 4.97. The van der Waals surface area contributed by atoms with Crippen molar-refractivity contribution in [2.45, 2.75) is 50.0 Å². The summed E-state index contributed by atoms with van der Waals surface area (Å²) >= 11 is -8.45. The molecule has 0 spiro atoms. The molecule has 4 aromatic carbocycles. The summed E-state index contributed by atoms with van der Waals surface area (Å²) < 4.78 is 20.7. The van der Waals surface area contributed by atoms with Crippen molar-refractivity contribution in [1.82, 2.24) is 0 Å². The van der Waals surface area contributed by atoms with Crippen LogP contribution in [0.4, 0.5) is 0 Å². The SMILES string of the molecule is C[C](C)(C)[Ge]([O][Ge]([c]1ccccc1)[c]1ccccc1)([O][Ge]([c]1ccccc1)[c]1ccccc1)[C](C)(C)C. The van der Waals surface area contributed by atoms with Gasteiger partial charge in [-0.05, 0) is 0 Å². The third-order valence-electron chi connectivity index (χ3n) is 6.61. The van der Waals surface area contributed by atoms with E-state index in [0.29, 0.717) is 0 Å². The van der Waals surface area contributed by atoms with Crippen LogP contribution in [0, 0.1) is 0 Å². The Morgan fingerprint density at radius 3 is 0.811 bits per heavy atom. The Morgan fingerprint density at radius 2 is 0.622 bits per heavy atom. The van der Waals surface area contributed by atoms with Crippen LogP contribution in [0.15, 0.2) is 121 Å². The van der Waals surface area contributed by atoms with Gasteiger partial charge in [0.15, 0.2) is 0 Å². The molecule has 2 radical (unpaired) electrons. The summed E-state index contributed by atoms with van der Waals surface area (Å²) in [5.74, 6) is 0. The average molecular weight is 672 g/mol. The molecule has 0 saturated carbocycles. The van der Waals surface area contributed by atoms with E-state index in [2.05, 4.69) is 163 Å². The van der Waals surface area contributed by atoms with E-state index in [1.165, 1.54) is 17.6 Å². The molecular formula is C32H38Ge3O2. The van der Waals surface area contributed by atoms with Gasteiger partial charge in [0.2, 0.25) is 0 Å². The van der Waals surface area contributed by atoms with Crippen molar-refractivity contribution in [3.05, 3.63) is 121 Å². The van der Waals surface area contributed by atoms with Gasteiger partial charge in [0.25, 0.3) is 0 Å². The maximum absolute atomic E-state index is 7.79. The third kappa shape index (κ3) is 6.54. The van der Waals surface area contributed by atoms with E-state index >= 15 is 0 Å². The van der Waals surface area contributed by atoms with Gasteiger partial charge in [-0.25, -0.2) is 0 Å². The van der Waals surface area contributed by atoms with Crippen LogP contribution in [0.1, 0.15) is 41.5 Å². The van der Waals surface area contributed by atoms with Crippen molar-refractivity contribution in [2.75, 3.05) is 0 Å². The summed E-state index contributed by atoms with van der Waals surface area (Å²) in [6.07, 6.45) is 0. The van der Waals surface area contributed by atoms with Gasteiger partial charge in [0, 0.05) is 0 Å². The van der Waals surface area contributed by atoms with Gasteiger partial charge in [-0.15, -0.1) is 0 Å². The molecule has 0 aliphatic carbocycles. The van der Waals surface area contributed by atoms with E-state index in [0.717, 1.165) is 0 Å². The Kier molecular flexibility index (Phi) is 9.29. The number of hydrogen-bond acceptors (Lipinski definition) is 2. The van der Waals surface area contributed by atoms with Gasteiger partial charge < -0.3 is 0 Å². The Labute approximate surface area is 236 Å².